The predicted molar refractivity (Wildman–Crippen MR) is 160 cm³/mol. The van der Waals surface area contributed by atoms with Crippen molar-refractivity contribution in [3.63, 3.8) is 0 Å². The first kappa shape index (κ1) is 36.1. The molecular weight excluding hydrogens is 624 g/mol. The SMILES string of the molecule is CC(=O)N[C@H]1C(Oc2ccc(CCCc3ccc(OC4O[C@H](CO)[C@H](O)[C@H](O)[C@H]4NC(C)=O)cc3O)c(O)c2)O[C@H](CO)[C@H](O)[C@@H]1O. The van der Waals surface area contributed by atoms with E-state index in [4.69, 9.17) is 18.9 Å². The van der Waals surface area contributed by atoms with E-state index in [9.17, 15) is 50.4 Å². The Balaban J connectivity index is 1.36. The van der Waals surface area contributed by atoms with Gasteiger partial charge in [0.15, 0.2) is 0 Å². The smallest absolute Gasteiger partial charge is 0.223 e. The van der Waals surface area contributed by atoms with Crippen LogP contribution in [0.2, 0.25) is 0 Å². The molecule has 2 aliphatic heterocycles. The number of carbonyl (C=O) groups is 2. The highest BCUT2D eigenvalue weighted by molar-refractivity contribution is 5.73. The fraction of sp³-hybridized carbons (Fsp3) is 0.548. The van der Waals surface area contributed by atoms with E-state index < -0.39 is 86.3 Å². The molecule has 2 fully saturated rings. The number of aliphatic hydroxyl groups is 6. The molecule has 4 rings (SSSR count). The van der Waals surface area contributed by atoms with E-state index in [0.29, 0.717) is 30.4 Å². The third-order valence-corrected chi connectivity index (χ3v) is 8.01. The molecule has 0 radical (unpaired) electrons. The number of aryl methyl sites for hydroxylation is 2. The zero-order valence-electron chi connectivity index (χ0n) is 25.8. The molecule has 0 aliphatic carbocycles. The summed E-state index contributed by atoms with van der Waals surface area (Å²) in [5, 5.41) is 86.5. The second kappa shape index (κ2) is 15.9. The maximum Gasteiger partial charge on any atom is 0.223 e. The van der Waals surface area contributed by atoms with Crippen LogP contribution in [0.25, 0.3) is 0 Å². The zero-order chi connectivity index (χ0) is 34.4. The number of aromatic hydroxyl groups is 2. The van der Waals surface area contributed by atoms with E-state index >= 15 is 0 Å². The molecule has 2 amide bonds. The highest BCUT2D eigenvalue weighted by Crippen LogP contribution is 2.31. The summed E-state index contributed by atoms with van der Waals surface area (Å²) in [6.07, 6.45) is -9.44. The molecule has 16 heteroatoms. The average Bonchev–Trinajstić information content (AvgIpc) is 3.02. The fourth-order valence-corrected chi connectivity index (χ4v) is 5.54. The molecule has 2 aliphatic rings. The minimum absolute atomic E-state index is 0.101. The van der Waals surface area contributed by atoms with Gasteiger partial charge in [0.25, 0.3) is 0 Å². The highest BCUT2D eigenvalue weighted by atomic mass is 16.7. The Bertz CT molecular complexity index is 1280. The van der Waals surface area contributed by atoms with Crippen LogP contribution >= 0.6 is 0 Å². The number of aliphatic hydroxyl groups excluding tert-OH is 6. The zero-order valence-corrected chi connectivity index (χ0v) is 25.8. The molecule has 0 aromatic heterocycles. The number of phenols is 2. The van der Waals surface area contributed by atoms with Gasteiger partial charge in [-0.15, -0.1) is 0 Å². The Morgan fingerprint density at radius 2 is 1.06 bits per heavy atom. The molecule has 260 valence electrons. The molecule has 2 saturated heterocycles. The second-order valence-electron chi connectivity index (χ2n) is 11.5. The van der Waals surface area contributed by atoms with Gasteiger partial charge in [0, 0.05) is 26.0 Å². The van der Waals surface area contributed by atoms with Crippen molar-refractivity contribution in [1.29, 1.82) is 0 Å². The largest absolute Gasteiger partial charge is 0.508 e. The number of carbonyl (C=O) groups excluding carboxylic acids is 2. The van der Waals surface area contributed by atoms with Gasteiger partial charge in [-0.3, -0.25) is 9.59 Å². The molecule has 2 aromatic rings. The third-order valence-electron chi connectivity index (χ3n) is 8.01. The summed E-state index contributed by atoms with van der Waals surface area (Å²) < 4.78 is 22.6. The maximum atomic E-state index is 11.7. The van der Waals surface area contributed by atoms with Crippen molar-refractivity contribution in [3.05, 3.63) is 47.5 Å². The molecule has 10 N–H and O–H groups in total. The van der Waals surface area contributed by atoms with Crippen molar-refractivity contribution in [2.75, 3.05) is 13.2 Å². The molecule has 0 spiro atoms. The number of phenolic OH excluding ortho intramolecular Hbond substituents is 2. The first-order chi connectivity index (χ1) is 22.3. The van der Waals surface area contributed by atoms with Gasteiger partial charge in [0.2, 0.25) is 24.4 Å². The Hall–Kier alpha value is -3.74. The van der Waals surface area contributed by atoms with Gasteiger partial charge < -0.3 is 70.4 Å². The topological polar surface area (TPSA) is 257 Å². The van der Waals surface area contributed by atoms with Crippen molar-refractivity contribution in [3.8, 4) is 23.0 Å². The van der Waals surface area contributed by atoms with Crippen LogP contribution in [-0.4, -0.2) is 127 Å². The molecule has 0 saturated carbocycles. The average molecular weight is 667 g/mol. The van der Waals surface area contributed by atoms with Crippen LogP contribution in [0.3, 0.4) is 0 Å². The molecule has 2 unspecified atom stereocenters. The normalized spacial score (nSPS) is 30.7. The van der Waals surface area contributed by atoms with Crippen molar-refractivity contribution >= 4 is 11.8 Å². The standard InChI is InChI=1S/C31H42N2O14/c1-14(36)32-24-28(42)26(40)22(12-34)46-30(24)44-18-8-6-16(20(38)10-18)4-3-5-17-7-9-19(11-21(17)39)45-31-25(33-15(2)37)29(43)27(41)23(13-35)47-31/h6-11,22-31,34-35,38-43H,3-5,12-13H2,1-2H3,(H,32,36)(H,33,37)/t22-,23-,24-,25-,26+,27+,28-,29-,30?,31?/m1/s1. The fourth-order valence-electron chi connectivity index (χ4n) is 5.54. The maximum absolute atomic E-state index is 11.7. The minimum Gasteiger partial charge on any atom is -0.508 e. The van der Waals surface area contributed by atoms with Gasteiger partial charge in [-0.05, 0) is 42.5 Å². The summed E-state index contributed by atoms with van der Waals surface area (Å²) in [6, 6.07) is 6.70. The number of ether oxygens (including phenoxy) is 4. The van der Waals surface area contributed by atoms with Crippen LogP contribution in [0.4, 0.5) is 0 Å². The van der Waals surface area contributed by atoms with Gasteiger partial charge in [-0.25, -0.2) is 0 Å². The lowest BCUT2D eigenvalue weighted by atomic mass is 9.97. The Kier molecular flexibility index (Phi) is 12.2. The molecule has 47 heavy (non-hydrogen) atoms. The number of benzene rings is 2. The van der Waals surface area contributed by atoms with Gasteiger partial charge in [-0.2, -0.15) is 0 Å². The summed E-state index contributed by atoms with van der Waals surface area (Å²) in [5.41, 5.74) is 1.14. The monoisotopic (exact) mass is 666 g/mol. The number of nitrogens with one attached hydrogen (secondary N) is 2. The first-order valence-electron chi connectivity index (χ1n) is 15.1. The molecule has 0 bridgehead atoms. The number of hydrogen-bond acceptors (Lipinski definition) is 14. The number of hydrogen-bond donors (Lipinski definition) is 10. The van der Waals surface area contributed by atoms with Crippen molar-refractivity contribution in [2.24, 2.45) is 0 Å². The van der Waals surface area contributed by atoms with E-state index in [1.165, 1.54) is 26.0 Å². The van der Waals surface area contributed by atoms with Gasteiger partial charge in [0.05, 0.1) is 13.2 Å². The summed E-state index contributed by atoms with van der Waals surface area (Å²) in [6.45, 7) is 1.24. The predicted octanol–water partition coefficient (Wildman–Crippen LogP) is -2.08. The van der Waals surface area contributed by atoms with Crippen LogP contribution in [-0.2, 0) is 31.9 Å². The van der Waals surface area contributed by atoms with Crippen LogP contribution in [0, 0.1) is 0 Å². The van der Waals surface area contributed by atoms with E-state index in [2.05, 4.69) is 10.6 Å². The molecule has 2 aromatic carbocycles. The summed E-state index contributed by atoms with van der Waals surface area (Å²) in [7, 11) is 0. The highest BCUT2D eigenvalue weighted by Gasteiger charge is 2.47. The minimum atomic E-state index is -1.48. The lowest BCUT2D eigenvalue weighted by Gasteiger charge is -2.42. The molecule has 16 nitrogen and oxygen atoms in total. The van der Waals surface area contributed by atoms with Crippen LogP contribution in [0.1, 0.15) is 31.4 Å². The summed E-state index contributed by atoms with van der Waals surface area (Å²) in [4.78, 5) is 23.3. The second-order valence-corrected chi connectivity index (χ2v) is 11.5. The van der Waals surface area contributed by atoms with E-state index in [1.807, 2.05) is 0 Å². The van der Waals surface area contributed by atoms with Crippen molar-refractivity contribution < 1.29 is 69.4 Å². The Labute approximate surface area is 270 Å². The van der Waals surface area contributed by atoms with Crippen LogP contribution < -0.4 is 20.1 Å². The first-order valence-corrected chi connectivity index (χ1v) is 15.1. The number of amides is 2. The summed E-state index contributed by atoms with van der Waals surface area (Å²) >= 11 is 0. The van der Waals surface area contributed by atoms with E-state index in [-0.39, 0.29) is 23.0 Å². The van der Waals surface area contributed by atoms with Gasteiger partial charge >= 0.3 is 0 Å². The lowest BCUT2D eigenvalue weighted by molar-refractivity contribution is -0.244. The van der Waals surface area contributed by atoms with Crippen LogP contribution in [0.5, 0.6) is 23.0 Å². The quantitative estimate of drug-likeness (QED) is 0.117. The summed E-state index contributed by atoms with van der Waals surface area (Å²) in [5.74, 6) is -0.909. The van der Waals surface area contributed by atoms with Crippen molar-refractivity contribution in [2.45, 2.75) is 94.4 Å². The van der Waals surface area contributed by atoms with Gasteiger partial charge in [0.1, 0.15) is 71.7 Å². The number of rotatable bonds is 12. The third kappa shape index (κ3) is 8.79. The van der Waals surface area contributed by atoms with Gasteiger partial charge in [-0.1, -0.05) is 12.1 Å². The molecular formula is C31H42N2O14. The Morgan fingerprint density at radius 1 is 0.681 bits per heavy atom. The molecule has 10 atom stereocenters. The van der Waals surface area contributed by atoms with Crippen molar-refractivity contribution in [1.82, 2.24) is 10.6 Å². The van der Waals surface area contributed by atoms with Crippen LogP contribution in [0.15, 0.2) is 36.4 Å². The van der Waals surface area contributed by atoms with E-state index in [1.54, 1.807) is 24.3 Å². The van der Waals surface area contributed by atoms with E-state index in [0.717, 1.165) is 0 Å². The molecule has 2 heterocycles. The Morgan fingerprint density at radius 3 is 1.38 bits per heavy atom. The lowest BCUT2D eigenvalue weighted by Crippen LogP contribution is -2.65.